The second-order valence-corrected chi connectivity index (χ2v) is 6.96. The zero-order chi connectivity index (χ0) is 16.0. The highest BCUT2D eigenvalue weighted by atomic mass is 35.5. The molecule has 116 valence electrons. The molecule has 0 radical (unpaired) electrons. The fourth-order valence-corrected chi connectivity index (χ4v) is 3.10. The third-order valence-corrected chi connectivity index (χ3v) is 4.91. The van der Waals surface area contributed by atoms with Gasteiger partial charge in [0, 0.05) is 18.2 Å². The summed E-state index contributed by atoms with van der Waals surface area (Å²) in [7, 11) is 0.133. The van der Waals surface area contributed by atoms with Crippen LogP contribution in [0.1, 0.15) is 12.5 Å². The van der Waals surface area contributed by atoms with E-state index in [-0.39, 0.29) is 22.5 Å². The van der Waals surface area contributed by atoms with Gasteiger partial charge in [0.1, 0.15) is 4.90 Å². The van der Waals surface area contributed by atoms with Crippen LogP contribution in [0.25, 0.3) is 0 Å². The SMILES string of the molecule is CC(CNS(=O)(=O)c1ccc(C#CCN)cc1Cl)N(C)C. The number of likely N-dealkylation sites (N-methyl/N-ethyl adjacent to an activating group) is 1. The molecule has 0 spiro atoms. The lowest BCUT2D eigenvalue weighted by Gasteiger charge is -2.20. The summed E-state index contributed by atoms with van der Waals surface area (Å²) in [6, 6.07) is 4.66. The third-order valence-electron chi connectivity index (χ3n) is 3.01. The molecule has 0 aliphatic heterocycles. The first-order valence-corrected chi connectivity index (χ1v) is 8.28. The van der Waals surface area contributed by atoms with E-state index in [0.717, 1.165) is 0 Å². The van der Waals surface area contributed by atoms with E-state index in [1.54, 1.807) is 6.07 Å². The van der Waals surface area contributed by atoms with E-state index in [1.807, 2.05) is 25.9 Å². The highest BCUT2D eigenvalue weighted by Crippen LogP contribution is 2.22. The van der Waals surface area contributed by atoms with Gasteiger partial charge in [0.25, 0.3) is 0 Å². The van der Waals surface area contributed by atoms with Gasteiger partial charge in [-0.25, -0.2) is 13.1 Å². The lowest BCUT2D eigenvalue weighted by atomic mass is 10.2. The van der Waals surface area contributed by atoms with Crippen LogP contribution in [-0.4, -0.2) is 46.5 Å². The van der Waals surface area contributed by atoms with Crippen molar-refractivity contribution < 1.29 is 8.42 Å². The summed E-state index contributed by atoms with van der Waals surface area (Å²) < 4.78 is 27.0. The molecule has 1 rings (SSSR count). The third kappa shape index (κ3) is 5.30. The number of rotatable bonds is 5. The number of hydrogen-bond acceptors (Lipinski definition) is 4. The molecule has 0 amide bonds. The fourth-order valence-electron chi connectivity index (χ4n) is 1.44. The van der Waals surface area contributed by atoms with Crippen LogP contribution < -0.4 is 10.5 Å². The van der Waals surface area contributed by atoms with E-state index >= 15 is 0 Å². The van der Waals surface area contributed by atoms with Crippen molar-refractivity contribution in [2.24, 2.45) is 5.73 Å². The molecule has 0 heterocycles. The minimum atomic E-state index is -3.64. The second kappa shape index (κ2) is 7.78. The van der Waals surface area contributed by atoms with Crippen molar-refractivity contribution >= 4 is 21.6 Å². The predicted octanol–water partition coefficient (Wildman–Crippen LogP) is 0.879. The standard InChI is InChI=1S/C14H20ClN3O2S/c1-11(18(2)3)10-17-21(19,20)14-7-6-12(5-4-8-16)9-13(14)15/h6-7,9,11,17H,8,10,16H2,1-3H3. The maximum absolute atomic E-state index is 12.2. The number of nitrogens with one attached hydrogen (secondary N) is 1. The Labute approximate surface area is 131 Å². The van der Waals surface area contributed by atoms with Gasteiger partial charge < -0.3 is 10.6 Å². The molecule has 1 atom stereocenters. The first-order valence-electron chi connectivity index (χ1n) is 6.42. The number of halogens is 1. The molecule has 0 aliphatic rings. The van der Waals surface area contributed by atoms with Crippen LogP contribution in [0, 0.1) is 11.8 Å². The lowest BCUT2D eigenvalue weighted by molar-refractivity contribution is 0.314. The maximum Gasteiger partial charge on any atom is 0.242 e. The van der Waals surface area contributed by atoms with E-state index in [4.69, 9.17) is 17.3 Å². The molecule has 5 nitrogen and oxygen atoms in total. The van der Waals surface area contributed by atoms with Crippen molar-refractivity contribution in [2.45, 2.75) is 17.9 Å². The zero-order valence-electron chi connectivity index (χ0n) is 12.4. The van der Waals surface area contributed by atoms with Gasteiger partial charge in [0.2, 0.25) is 10.0 Å². The van der Waals surface area contributed by atoms with Gasteiger partial charge in [-0.2, -0.15) is 0 Å². The van der Waals surface area contributed by atoms with Gasteiger partial charge in [-0.1, -0.05) is 23.4 Å². The summed E-state index contributed by atoms with van der Waals surface area (Å²) in [4.78, 5) is 1.98. The van der Waals surface area contributed by atoms with Gasteiger partial charge in [-0.3, -0.25) is 0 Å². The van der Waals surface area contributed by atoms with Crippen LogP contribution in [0.4, 0.5) is 0 Å². The molecular formula is C14H20ClN3O2S. The van der Waals surface area contributed by atoms with Gasteiger partial charge >= 0.3 is 0 Å². The number of hydrogen-bond donors (Lipinski definition) is 2. The highest BCUT2D eigenvalue weighted by molar-refractivity contribution is 7.89. The van der Waals surface area contributed by atoms with E-state index in [9.17, 15) is 8.42 Å². The molecule has 21 heavy (non-hydrogen) atoms. The molecule has 0 aromatic heterocycles. The van der Waals surface area contributed by atoms with Crippen LogP contribution >= 0.6 is 11.6 Å². The van der Waals surface area contributed by atoms with Crippen molar-refractivity contribution in [1.29, 1.82) is 0 Å². The zero-order valence-corrected chi connectivity index (χ0v) is 13.9. The largest absolute Gasteiger partial charge is 0.320 e. The summed E-state index contributed by atoms with van der Waals surface area (Å²) in [6.45, 7) is 2.47. The molecule has 0 aliphatic carbocycles. The molecule has 3 N–H and O–H groups in total. The van der Waals surface area contributed by atoms with Gasteiger partial charge in [0.05, 0.1) is 11.6 Å². The second-order valence-electron chi connectivity index (χ2n) is 4.82. The molecule has 0 saturated heterocycles. The fraction of sp³-hybridized carbons (Fsp3) is 0.429. The first-order chi connectivity index (χ1) is 9.77. The summed E-state index contributed by atoms with van der Waals surface area (Å²) >= 11 is 6.04. The van der Waals surface area contributed by atoms with Crippen molar-refractivity contribution in [2.75, 3.05) is 27.2 Å². The van der Waals surface area contributed by atoms with Crippen LogP contribution in [-0.2, 0) is 10.0 Å². The number of nitrogens with zero attached hydrogens (tertiary/aromatic N) is 1. The van der Waals surface area contributed by atoms with Crippen molar-refractivity contribution in [3.63, 3.8) is 0 Å². The molecule has 1 aromatic carbocycles. The van der Waals surface area contributed by atoms with E-state index in [1.165, 1.54) is 12.1 Å². The van der Waals surface area contributed by atoms with E-state index < -0.39 is 10.0 Å². The highest BCUT2D eigenvalue weighted by Gasteiger charge is 2.19. The molecule has 0 fully saturated rings. The van der Waals surface area contributed by atoms with Gasteiger partial charge in [-0.05, 0) is 39.2 Å². The number of sulfonamides is 1. The Balaban J connectivity index is 2.94. The Morgan fingerprint density at radius 3 is 2.62 bits per heavy atom. The quantitative estimate of drug-likeness (QED) is 0.786. The summed E-state index contributed by atoms with van der Waals surface area (Å²) in [6.07, 6.45) is 0. The van der Waals surface area contributed by atoms with Crippen molar-refractivity contribution in [1.82, 2.24) is 9.62 Å². The van der Waals surface area contributed by atoms with Crippen LogP contribution in [0.3, 0.4) is 0 Å². The Bertz CT molecular complexity index is 648. The molecule has 7 heteroatoms. The molecule has 0 saturated carbocycles. The average molecular weight is 330 g/mol. The molecule has 1 aromatic rings. The molecular weight excluding hydrogens is 310 g/mol. The minimum absolute atomic E-state index is 0.0495. The van der Waals surface area contributed by atoms with Crippen LogP contribution in [0.15, 0.2) is 23.1 Å². The Kier molecular flexibility index (Phi) is 6.65. The normalized spacial score (nSPS) is 12.9. The van der Waals surface area contributed by atoms with Crippen molar-refractivity contribution in [3.8, 4) is 11.8 Å². The Hall–Kier alpha value is -1.10. The van der Waals surface area contributed by atoms with Crippen LogP contribution in [0.2, 0.25) is 5.02 Å². The summed E-state index contributed by atoms with van der Waals surface area (Å²) in [5.41, 5.74) is 5.92. The topological polar surface area (TPSA) is 75.4 Å². The van der Waals surface area contributed by atoms with Gasteiger partial charge in [0.15, 0.2) is 0 Å². The van der Waals surface area contributed by atoms with E-state index in [2.05, 4.69) is 16.6 Å². The number of nitrogens with two attached hydrogens (primary N) is 1. The molecule has 0 bridgehead atoms. The monoisotopic (exact) mass is 329 g/mol. The number of benzene rings is 1. The smallest absolute Gasteiger partial charge is 0.242 e. The molecule has 1 unspecified atom stereocenters. The minimum Gasteiger partial charge on any atom is -0.320 e. The Morgan fingerprint density at radius 2 is 2.10 bits per heavy atom. The lowest BCUT2D eigenvalue weighted by Crippen LogP contribution is -2.38. The van der Waals surface area contributed by atoms with Crippen molar-refractivity contribution in [3.05, 3.63) is 28.8 Å². The van der Waals surface area contributed by atoms with Gasteiger partial charge in [-0.15, -0.1) is 0 Å². The Morgan fingerprint density at radius 1 is 1.43 bits per heavy atom. The average Bonchev–Trinajstić information content (AvgIpc) is 2.42. The maximum atomic E-state index is 12.2. The predicted molar refractivity (Wildman–Crippen MR) is 85.7 cm³/mol. The van der Waals surface area contributed by atoms with Crippen LogP contribution in [0.5, 0.6) is 0 Å². The summed E-state index contributed by atoms with van der Waals surface area (Å²) in [5.74, 6) is 5.50. The first kappa shape index (κ1) is 18.0. The van der Waals surface area contributed by atoms with E-state index in [0.29, 0.717) is 12.1 Å². The summed E-state index contributed by atoms with van der Waals surface area (Å²) in [5, 5.41) is 0.142.